The van der Waals surface area contributed by atoms with Crippen molar-refractivity contribution in [1.29, 1.82) is 0 Å². The van der Waals surface area contributed by atoms with Crippen LogP contribution in [0.4, 0.5) is 0 Å². The molecule has 1 saturated carbocycles. The lowest BCUT2D eigenvalue weighted by Crippen LogP contribution is -2.70. The van der Waals surface area contributed by atoms with E-state index in [-0.39, 0.29) is 29.2 Å². The van der Waals surface area contributed by atoms with Crippen molar-refractivity contribution < 1.29 is 9.53 Å². The first-order chi connectivity index (χ1) is 11.5. The highest BCUT2D eigenvalue weighted by Crippen LogP contribution is 2.51. The van der Waals surface area contributed by atoms with Crippen LogP contribution in [0.5, 0.6) is 0 Å². The highest BCUT2D eigenvalue weighted by Gasteiger charge is 2.58. The van der Waals surface area contributed by atoms with Gasteiger partial charge in [0.05, 0.1) is 18.2 Å². The van der Waals surface area contributed by atoms with Crippen LogP contribution < -0.4 is 10.6 Å². The van der Waals surface area contributed by atoms with Crippen molar-refractivity contribution in [2.45, 2.75) is 44.8 Å². The van der Waals surface area contributed by atoms with E-state index in [0.29, 0.717) is 12.0 Å². The minimum Gasteiger partial charge on any atom is -0.377 e. The topological polar surface area (TPSA) is 68.2 Å². The number of hydrogen-bond donors (Lipinski definition) is 2. The Labute approximate surface area is 143 Å². The zero-order valence-electron chi connectivity index (χ0n) is 14.8. The van der Waals surface area contributed by atoms with E-state index in [2.05, 4.69) is 29.6 Å². The first-order valence-corrected chi connectivity index (χ1v) is 9.09. The molecule has 4 rings (SSSR count). The lowest BCUT2D eigenvalue weighted by atomic mass is 9.55. The Balaban J connectivity index is 1.46. The van der Waals surface area contributed by atoms with E-state index in [9.17, 15) is 4.79 Å². The number of amides is 1. The lowest BCUT2D eigenvalue weighted by molar-refractivity contribution is -0.194. The standard InChI is InChI=1S/C18H28N4O2/c1-18(2)15(12-5-4-6-24-16(12)18)21-17(23)14-9-19-8-13(14)11-7-20-22(3)10-11/h7,10,12-16,19H,4-6,8-9H2,1-3H3,(H,21,23)/t12?,13-,14+,15?,16?/m1/s1. The third-order valence-corrected chi connectivity index (χ3v) is 6.33. The molecule has 24 heavy (non-hydrogen) atoms. The number of rotatable bonds is 3. The summed E-state index contributed by atoms with van der Waals surface area (Å²) in [6.45, 7) is 6.88. The van der Waals surface area contributed by atoms with Crippen molar-refractivity contribution in [3.05, 3.63) is 18.0 Å². The molecule has 6 nitrogen and oxygen atoms in total. The number of ether oxygens (including phenoxy) is 1. The molecule has 0 radical (unpaired) electrons. The van der Waals surface area contributed by atoms with Gasteiger partial charge in [-0.3, -0.25) is 9.48 Å². The van der Waals surface area contributed by atoms with Gasteiger partial charge in [-0.1, -0.05) is 13.8 Å². The number of carbonyl (C=O) groups excluding carboxylic acids is 1. The summed E-state index contributed by atoms with van der Waals surface area (Å²) in [7, 11) is 1.92. The molecule has 5 atom stereocenters. The molecule has 0 spiro atoms. The molecule has 1 amide bonds. The Bertz CT molecular complexity index is 626. The van der Waals surface area contributed by atoms with E-state index < -0.39 is 0 Å². The van der Waals surface area contributed by atoms with Gasteiger partial charge in [0, 0.05) is 56.2 Å². The summed E-state index contributed by atoms with van der Waals surface area (Å²) in [6.07, 6.45) is 6.47. The van der Waals surface area contributed by atoms with Crippen LogP contribution in [0.25, 0.3) is 0 Å². The predicted octanol–water partition coefficient (Wildman–Crippen LogP) is 1.04. The van der Waals surface area contributed by atoms with Crippen LogP contribution in [0.1, 0.15) is 38.2 Å². The van der Waals surface area contributed by atoms with Crippen molar-refractivity contribution in [2.75, 3.05) is 19.7 Å². The van der Waals surface area contributed by atoms with Gasteiger partial charge in [-0.05, 0) is 18.4 Å². The van der Waals surface area contributed by atoms with Gasteiger partial charge < -0.3 is 15.4 Å². The molecule has 3 fully saturated rings. The van der Waals surface area contributed by atoms with E-state index in [4.69, 9.17) is 4.74 Å². The maximum absolute atomic E-state index is 13.0. The van der Waals surface area contributed by atoms with Crippen molar-refractivity contribution in [3.63, 3.8) is 0 Å². The van der Waals surface area contributed by atoms with Gasteiger partial charge >= 0.3 is 0 Å². The molecule has 2 N–H and O–H groups in total. The van der Waals surface area contributed by atoms with E-state index in [1.165, 1.54) is 0 Å². The average Bonchev–Trinajstić information content (AvgIpc) is 3.21. The van der Waals surface area contributed by atoms with Gasteiger partial charge in [-0.15, -0.1) is 0 Å². The Hall–Kier alpha value is -1.40. The Morgan fingerprint density at radius 3 is 3.04 bits per heavy atom. The second-order valence-electron chi connectivity index (χ2n) is 8.22. The zero-order chi connectivity index (χ0) is 16.9. The van der Waals surface area contributed by atoms with E-state index >= 15 is 0 Å². The Morgan fingerprint density at radius 2 is 2.29 bits per heavy atom. The van der Waals surface area contributed by atoms with Crippen LogP contribution in [0, 0.1) is 17.3 Å². The molecule has 0 bridgehead atoms. The summed E-state index contributed by atoms with van der Waals surface area (Å²) in [5, 5.41) is 11.0. The van der Waals surface area contributed by atoms with Crippen molar-refractivity contribution >= 4 is 5.91 Å². The Kier molecular flexibility index (Phi) is 3.92. The van der Waals surface area contributed by atoms with E-state index in [1.807, 2.05) is 24.1 Å². The molecule has 2 aliphatic heterocycles. The first kappa shape index (κ1) is 16.1. The SMILES string of the molecule is Cn1cc([C@H]2CNC[C@@H]2C(=O)NC2C3CCCOC3C2(C)C)cn1. The number of carbonyl (C=O) groups is 1. The van der Waals surface area contributed by atoms with Gasteiger partial charge in [0.2, 0.25) is 5.91 Å². The number of aromatic nitrogens is 2. The maximum atomic E-state index is 13.0. The largest absolute Gasteiger partial charge is 0.377 e. The summed E-state index contributed by atoms with van der Waals surface area (Å²) < 4.78 is 7.76. The predicted molar refractivity (Wildman–Crippen MR) is 90.5 cm³/mol. The summed E-state index contributed by atoms with van der Waals surface area (Å²) in [5.74, 6) is 0.841. The van der Waals surface area contributed by atoms with Crippen LogP contribution in [0.15, 0.2) is 12.4 Å². The number of fused-ring (bicyclic) bond motifs is 1. The minimum absolute atomic E-state index is 0.0199. The second kappa shape index (κ2) is 5.85. The van der Waals surface area contributed by atoms with Crippen LogP contribution in [-0.2, 0) is 16.6 Å². The van der Waals surface area contributed by atoms with Gasteiger partial charge in [0.25, 0.3) is 0 Å². The molecule has 1 aromatic rings. The fraction of sp³-hybridized carbons (Fsp3) is 0.778. The fourth-order valence-corrected chi connectivity index (χ4v) is 5.01. The van der Waals surface area contributed by atoms with Gasteiger partial charge in [-0.2, -0.15) is 5.10 Å². The quantitative estimate of drug-likeness (QED) is 0.868. The Morgan fingerprint density at radius 1 is 1.46 bits per heavy atom. The molecular formula is C18H28N4O2. The van der Waals surface area contributed by atoms with Crippen molar-refractivity contribution in [3.8, 4) is 0 Å². The monoisotopic (exact) mass is 332 g/mol. The lowest BCUT2D eigenvalue weighted by Gasteiger charge is -2.60. The highest BCUT2D eigenvalue weighted by molar-refractivity contribution is 5.81. The normalized spacial score (nSPS) is 37.5. The molecule has 1 aromatic heterocycles. The number of nitrogens with zero attached hydrogens (tertiary/aromatic N) is 2. The minimum atomic E-state index is -0.0199. The van der Waals surface area contributed by atoms with Crippen molar-refractivity contribution in [1.82, 2.24) is 20.4 Å². The van der Waals surface area contributed by atoms with Crippen LogP contribution in [-0.4, -0.2) is 47.5 Å². The zero-order valence-corrected chi connectivity index (χ0v) is 14.8. The molecule has 3 aliphatic rings. The molecule has 0 aromatic carbocycles. The smallest absolute Gasteiger partial charge is 0.225 e. The average molecular weight is 332 g/mol. The second-order valence-corrected chi connectivity index (χ2v) is 8.22. The summed E-state index contributed by atoms with van der Waals surface area (Å²) in [5.41, 5.74) is 1.17. The number of aryl methyl sites for hydroxylation is 1. The number of hydrogen-bond acceptors (Lipinski definition) is 4. The molecule has 1 aliphatic carbocycles. The van der Waals surface area contributed by atoms with Gasteiger partial charge in [-0.25, -0.2) is 0 Å². The maximum Gasteiger partial charge on any atom is 0.225 e. The molecule has 3 unspecified atom stereocenters. The summed E-state index contributed by atoms with van der Waals surface area (Å²) in [6, 6.07) is 0.227. The third kappa shape index (κ3) is 2.47. The molecule has 2 saturated heterocycles. The fourth-order valence-electron chi connectivity index (χ4n) is 5.01. The first-order valence-electron chi connectivity index (χ1n) is 9.09. The molecule has 132 valence electrons. The van der Waals surface area contributed by atoms with Crippen molar-refractivity contribution in [2.24, 2.45) is 24.3 Å². The molecule has 3 heterocycles. The van der Waals surface area contributed by atoms with Crippen LogP contribution in [0.3, 0.4) is 0 Å². The van der Waals surface area contributed by atoms with Gasteiger partial charge in [0.15, 0.2) is 0 Å². The third-order valence-electron chi connectivity index (χ3n) is 6.33. The summed E-state index contributed by atoms with van der Waals surface area (Å²) >= 11 is 0. The van der Waals surface area contributed by atoms with Crippen LogP contribution in [0.2, 0.25) is 0 Å². The number of nitrogens with one attached hydrogen (secondary N) is 2. The van der Waals surface area contributed by atoms with Gasteiger partial charge in [0.1, 0.15) is 0 Å². The highest BCUT2D eigenvalue weighted by atomic mass is 16.5. The van der Waals surface area contributed by atoms with Crippen LogP contribution >= 0.6 is 0 Å². The van der Waals surface area contributed by atoms with E-state index in [0.717, 1.165) is 38.1 Å². The summed E-state index contributed by atoms with van der Waals surface area (Å²) in [4.78, 5) is 13.0. The molecule has 6 heteroatoms. The van der Waals surface area contributed by atoms with E-state index in [1.54, 1.807) is 0 Å². The molecular weight excluding hydrogens is 304 g/mol.